The molecule has 0 radical (unpaired) electrons. The minimum Gasteiger partial charge on any atom is -0.121 e. The Kier molecular flexibility index (Phi) is 16.6. The van der Waals surface area contributed by atoms with E-state index in [0.29, 0.717) is 0 Å². The third-order valence-corrected chi connectivity index (χ3v) is 3.16. The summed E-state index contributed by atoms with van der Waals surface area (Å²) in [6.45, 7) is 4.27. The number of allylic oxidation sites excluding steroid dienone is 7. The summed E-state index contributed by atoms with van der Waals surface area (Å²) in [7, 11) is 0. The molecule has 0 amide bonds. The minimum atomic E-state index is 1.21. The summed E-state index contributed by atoms with van der Waals surface area (Å²) in [5.74, 6) is 0. The smallest absolute Gasteiger partial charge is 0.0200 e. The maximum Gasteiger partial charge on any atom is -0.0200 e. The van der Waals surface area contributed by atoms with Gasteiger partial charge in [-0.05, 0) is 31.9 Å². The second-order valence-corrected chi connectivity index (χ2v) is 5.10. The fourth-order valence-electron chi connectivity index (χ4n) is 1.95. The molecular weight excluding hydrogens is 240 g/mol. The van der Waals surface area contributed by atoms with Crippen LogP contribution in [-0.4, -0.2) is 0 Å². The predicted octanol–water partition coefficient (Wildman–Crippen LogP) is 6.92. The average Bonchev–Trinajstić information content (AvgIpc) is 2.47. The second kappa shape index (κ2) is 17.7. The van der Waals surface area contributed by atoms with E-state index >= 15 is 0 Å². The van der Waals surface area contributed by atoms with Gasteiger partial charge in [0.15, 0.2) is 0 Å². The molecule has 0 aliphatic rings. The first-order valence-electron chi connectivity index (χ1n) is 8.27. The Bertz CT molecular complexity index is 322. The lowest BCUT2D eigenvalue weighted by Gasteiger charge is -1.99. The van der Waals surface area contributed by atoms with Crippen LogP contribution in [0.1, 0.15) is 71.6 Å². The van der Waals surface area contributed by atoms with Gasteiger partial charge in [0.25, 0.3) is 0 Å². The highest BCUT2D eigenvalue weighted by molar-refractivity contribution is 5.12. The van der Waals surface area contributed by atoms with Crippen molar-refractivity contribution in [3.63, 3.8) is 0 Å². The molecule has 0 aliphatic heterocycles. The van der Waals surface area contributed by atoms with Gasteiger partial charge in [-0.2, -0.15) is 0 Å². The van der Waals surface area contributed by atoms with Crippen LogP contribution >= 0.6 is 0 Å². The quantitative estimate of drug-likeness (QED) is 0.205. The van der Waals surface area contributed by atoms with Crippen LogP contribution in [0, 0.1) is 0 Å². The summed E-state index contributed by atoms with van der Waals surface area (Å²) >= 11 is 0. The van der Waals surface area contributed by atoms with Crippen molar-refractivity contribution in [3.05, 3.63) is 54.3 Å². The maximum atomic E-state index is 3.07. The summed E-state index contributed by atoms with van der Waals surface area (Å²) in [6, 6.07) is 0. The van der Waals surface area contributed by atoms with E-state index in [2.05, 4.69) is 30.9 Å². The summed E-state index contributed by atoms with van der Waals surface area (Å²) in [5, 5.41) is 0. The fraction of sp³-hybridized carbons (Fsp3) is 0.550. The van der Waals surface area contributed by atoms with E-state index in [0.717, 1.165) is 0 Å². The van der Waals surface area contributed by atoms with Gasteiger partial charge in [0, 0.05) is 0 Å². The molecule has 0 aromatic heterocycles. The lowest BCUT2D eigenvalue weighted by atomic mass is 10.1. The number of hydrogen-bond acceptors (Lipinski definition) is 0. The molecule has 0 nitrogen and oxygen atoms in total. The first-order chi connectivity index (χ1) is 9.91. The molecule has 0 rings (SSSR count). The van der Waals surface area contributed by atoms with Gasteiger partial charge in [0.2, 0.25) is 0 Å². The van der Waals surface area contributed by atoms with Gasteiger partial charge in [-0.15, -0.1) is 5.73 Å². The van der Waals surface area contributed by atoms with Crippen molar-refractivity contribution >= 4 is 0 Å². The molecule has 0 unspecified atom stereocenters. The zero-order valence-electron chi connectivity index (χ0n) is 13.5. The lowest BCUT2D eigenvalue weighted by molar-refractivity contribution is 0.577. The Morgan fingerprint density at radius 1 is 0.700 bits per heavy atom. The molecule has 0 N–H and O–H groups in total. The van der Waals surface area contributed by atoms with Gasteiger partial charge < -0.3 is 0 Å². The van der Waals surface area contributed by atoms with Crippen LogP contribution in [0.15, 0.2) is 54.3 Å². The third-order valence-electron chi connectivity index (χ3n) is 3.16. The molecule has 0 heterocycles. The van der Waals surface area contributed by atoms with Crippen LogP contribution in [0.4, 0.5) is 0 Å². The molecule has 0 bridgehead atoms. The third kappa shape index (κ3) is 16.7. The molecule has 0 saturated carbocycles. The molecule has 20 heavy (non-hydrogen) atoms. The SMILES string of the molecule is C/C=C/C=C=C/C=C/C=C/CCCCCCCCCC. The molecule has 0 heteroatoms. The van der Waals surface area contributed by atoms with Crippen LogP contribution in [-0.2, 0) is 0 Å². The molecule has 0 spiro atoms. The van der Waals surface area contributed by atoms with Crippen LogP contribution in [0.5, 0.6) is 0 Å². The Balaban J connectivity index is 3.35. The number of hydrogen-bond donors (Lipinski definition) is 0. The van der Waals surface area contributed by atoms with E-state index in [1.54, 1.807) is 0 Å². The normalized spacial score (nSPS) is 11.5. The molecule has 0 aromatic rings. The van der Waals surface area contributed by atoms with Crippen molar-refractivity contribution < 1.29 is 0 Å². The highest BCUT2D eigenvalue weighted by atomic mass is 14.0. The van der Waals surface area contributed by atoms with Gasteiger partial charge in [0.05, 0.1) is 0 Å². The molecule has 112 valence electrons. The standard InChI is InChI=1S/C20H32/c1-3-5-7-9-11-13-15-17-19-20-18-16-14-12-10-8-6-4-2/h3,5,7,11,13,15,17,19H,4,6,8,10,12,14,16,18,20H2,1-2H3/b5-3+,15-13+,19-17+. The Morgan fingerprint density at radius 2 is 1.35 bits per heavy atom. The molecular formula is C20H32. The van der Waals surface area contributed by atoms with E-state index in [9.17, 15) is 0 Å². The van der Waals surface area contributed by atoms with Gasteiger partial charge in [-0.25, -0.2) is 0 Å². The maximum absolute atomic E-state index is 3.07. The summed E-state index contributed by atoms with van der Waals surface area (Å²) in [5.41, 5.74) is 3.07. The Labute approximate surface area is 126 Å². The highest BCUT2D eigenvalue weighted by Crippen LogP contribution is 2.09. The van der Waals surface area contributed by atoms with Crippen LogP contribution in [0.2, 0.25) is 0 Å². The lowest BCUT2D eigenvalue weighted by Crippen LogP contribution is -1.79. The first-order valence-corrected chi connectivity index (χ1v) is 8.27. The summed E-state index contributed by atoms with van der Waals surface area (Å²) < 4.78 is 0. The van der Waals surface area contributed by atoms with Crippen molar-refractivity contribution in [1.29, 1.82) is 0 Å². The largest absolute Gasteiger partial charge is 0.121 e. The van der Waals surface area contributed by atoms with Gasteiger partial charge in [0.1, 0.15) is 0 Å². The van der Waals surface area contributed by atoms with Gasteiger partial charge in [-0.3, -0.25) is 0 Å². The molecule has 0 atom stereocenters. The van der Waals surface area contributed by atoms with Gasteiger partial charge in [-0.1, -0.05) is 88.3 Å². The molecule has 0 aliphatic carbocycles. The van der Waals surface area contributed by atoms with Crippen molar-refractivity contribution in [3.8, 4) is 0 Å². The number of rotatable bonds is 12. The molecule has 0 aromatic carbocycles. The average molecular weight is 272 g/mol. The summed E-state index contributed by atoms with van der Waals surface area (Å²) in [4.78, 5) is 0. The van der Waals surface area contributed by atoms with Crippen LogP contribution in [0.25, 0.3) is 0 Å². The predicted molar refractivity (Wildman–Crippen MR) is 93.0 cm³/mol. The number of unbranched alkanes of at least 4 members (excludes halogenated alkanes) is 8. The van der Waals surface area contributed by atoms with Gasteiger partial charge >= 0.3 is 0 Å². The van der Waals surface area contributed by atoms with Crippen LogP contribution < -0.4 is 0 Å². The van der Waals surface area contributed by atoms with Crippen molar-refractivity contribution in [2.24, 2.45) is 0 Å². The van der Waals surface area contributed by atoms with E-state index < -0.39 is 0 Å². The van der Waals surface area contributed by atoms with E-state index in [1.165, 1.54) is 57.8 Å². The fourth-order valence-corrected chi connectivity index (χ4v) is 1.95. The second-order valence-electron chi connectivity index (χ2n) is 5.10. The Morgan fingerprint density at radius 3 is 2.05 bits per heavy atom. The zero-order valence-corrected chi connectivity index (χ0v) is 13.5. The summed E-state index contributed by atoms with van der Waals surface area (Å²) in [6.07, 6.45) is 28.7. The van der Waals surface area contributed by atoms with E-state index in [4.69, 9.17) is 0 Å². The molecule has 0 saturated heterocycles. The monoisotopic (exact) mass is 272 g/mol. The van der Waals surface area contributed by atoms with Crippen LogP contribution in [0.3, 0.4) is 0 Å². The topological polar surface area (TPSA) is 0 Å². The zero-order chi connectivity index (χ0) is 14.7. The van der Waals surface area contributed by atoms with Crippen molar-refractivity contribution in [1.82, 2.24) is 0 Å². The minimum absolute atomic E-state index is 1.21. The van der Waals surface area contributed by atoms with E-state index in [-0.39, 0.29) is 0 Å². The first kappa shape index (κ1) is 18.7. The van der Waals surface area contributed by atoms with E-state index in [1.807, 2.05) is 37.3 Å². The molecule has 0 fully saturated rings. The highest BCUT2D eigenvalue weighted by Gasteiger charge is 1.89. The Hall–Kier alpha value is -1.26. The van der Waals surface area contributed by atoms with Crippen molar-refractivity contribution in [2.75, 3.05) is 0 Å². The van der Waals surface area contributed by atoms with Crippen molar-refractivity contribution in [2.45, 2.75) is 71.6 Å².